The summed E-state index contributed by atoms with van der Waals surface area (Å²) in [6.07, 6.45) is 1.50. The fourth-order valence-electron chi connectivity index (χ4n) is 3.43. The van der Waals surface area contributed by atoms with Gasteiger partial charge in [0, 0.05) is 19.1 Å². The van der Waals surface area contributed by atoms with Crippen LogP contribution in [0, 0.1) is 5.82 Å². The number of hydrogen-bond acceptors (Lipinski definition) is 4. The molecule has 7 heteroatoms. The van der Waals surface area contributed by atoms with E-state index in [1.54, 1.807) is 18.2 Å². The summed E-state index contributed by atoms with van der Waals surface area (Å²) in [4.78, 5) is 2.28. The second-order valence-electron chi connectivity index (χ2n) is 6.94. The highest BCUT2D eigenvalue weighted by Crippen LogP contribution is 2.31. The highest BCUT2D eigenvalue weighted by molar-refractivity contribution is 5.43. The Hall–Kier alpha value is -2.25. The summed E-state index contributed by atoms with van der Waals surface area (Å²) < 4.78 is 48.5. The van der Waals surface area contributed by atoms with Crippen LogP contribution in [-0.4, -0.2) is 35.9 Å². The van der Waals surface area contributed by atoms with Gasteiger partial charge < -0.3 is 14.6 Å². The van der Waals surface area contributed by atoms with Crippen LogP contribution in [0.1, 0.15) is 30.0 Å². The molecule has 0 aliphatic carbocycles. The van der Waals surface area contributed by atoms with Crippen LogP contribution in [0.3, 0.4) is 0 Å². The predicted molar refractivity (Wildman–Crippen MR) is 99.1 cm³/mol. The lowest BCUT2D eigenvalue weighted by Gasteiger charge is -2.24. The van der Waals surface area contributed by atoms with E-state index in [2.05, 4.69) is 16.6 Å². The molecule has 0 amide bonds. The first kappa shape index (κ1) is 20.5. The highest BCUT2D eigenvalue weighted by Gasteiger charge is 2.23. The monoisotopic (exact) mass is 395 g/mol. The topological polar surface area (TPSA) is 41.9 Å². The van der Waals surface area contributed by atoms with E-state index in [4.69, 9.17) is 9.84 Å². The molecule has 4 nitrogen and oxygen atoms in total. The largest absolute Gasteiger partial charge is 0.487 e. The molecule has 1 aliphatic rings. The Bertz CT molecular complexity index is 800. The van der Waals surface area contributed by atoms with Crippen molar-refractivity contribution in [1.29, 1.82) is 0 Å². The summed E-state index contributed by atoms with van der Waals surface area (Å²) in [5.74, 6) is -0.0656. The number of aliphatic hydroxyl groups is 1. The first-order valence-electron chi connectivity index (χ1n) is 9.29. The molecule has 152 valence electrons. The molecule has 0 saturated carbocycles. The fraction of sp³-hybridized carbons (Fsp3) is 0.429. The third kappa shape index (κ3) is 5.17. The molecule has 2 aromatic rings. The molecule has 0 bridgehead atoms. The number of nitrogens with zero attached hydrogens (tertiary/aromatic N) is 1. The minimum absolute atomic E-state index is 0.00604. The fourth-order valence-corrected chi connectivity index (χ4v) is 3.43. The number of benzene rings is 2. The zero-order chi connectivity index (χ0) is 20.1. The molecule has 1 N–H and O–H groups in total. The van der Waals surface area contributed by atoms with Crippen molar-refractivity contribution < 1.29 is 27.8 Å². The van der Waals surface area contributed by atoms with Crippen LogP contribution >= 0.6 is 0 Å². The number of rotatable bonds is 9. The molecule has 1 aliphatic heterocycles. The van der Waals surface area contributed by atoms with Crippen molar-refractivity contribution in [2.45, 2.75) is 45.5 Å². The molecule has 1 atom stereocenters. The molecule has 0 fully saturated rings. The maximum absolute atomic E-state index is 13.4. The quantitative estimate of drug-likeness (QED) is 0.693. The molecule has 28 heavy (non-hydrogen) atoms. The van der Waals surface area contributed by atoms with Crippen molar-refractivity contribution in [3.8, 4) is 11.5 Å². The summed E-state index contributed by atoms with van der Waals surface area (Å²) in [6.45, 7) is 0.445. The van der Waals surface area contributed by atoms with Gasteiger partial charge in [0.05, 0.1) is 6.61 Å². The van der Waals surface area contributed by atoms with Crippen molar-refractivity contribution in [3.05, 3.63) is 58.9 Å². The summed E-state index contributed by atoms with van der Waals surface area (Å²) in [6, 6.07) is 10.1. The molecule has 0 saturated heterocycles. The number of aliphatic hydroxyl groups excluding tert-OH is 1. The zero-order valence-corrected chi connectivity index (χ0v) is 15.7. The molecule has 0 aromatic heterocycles. The lowest BCUT2D eigenvalue weighted by atomic mass is 10.0. The van der Waals surface area contributed by atoms with Gasteiger partial charge in [-0.05, 0) is 60.7 Å². The summed E-state index contributed by atoms with van der Waals surface area (Å²) >= 11 is 0. The lowest BCUT2D eigenvalue weighted by Crippen LogP contribution is -2.28. The van der Waals surface area contributed by atoms with Crippen molar-refractivity contribution in [2.75, 3.05) is 13.2 Å². The minimum Gasteiger partial charge on any atom is -0.487 e. The van der Waals surface area contributed by atoms with E-state index in [0.29, 0.717) is 13.0 Å². The maximum Gasteiger partial charge on any atom is 0.387 e. The van der Waals surface area contributed by atoms with Gasteiger partial charge in [-0.2, -0.15) is 8.78 Å². The van der Waals surface area contributed by atoms with E-state index in [9.17, 15) is 13.2 Å². The number of fused-ring (bicyclic) bond motifs is 1. The standard InChI is InChI=1S/C21H24F3NO3/c1-14(25-12-16-5-6-18(22)11-17(16)13-25)2-3-15-4-7-19(27-9-8-26)20(10-15)28-21(23)24/h4-7,10-11,14,21,26H,2-3,8-9,12-13H2,1H3. The molecular formula is C21H24F3NO3. The molecule has 3 rings (SSSR count). The van der Waals surface area contributed by atoms with Gasteiger partial charge in [-0.3, -0.25) is 4.90 Å². The number of alkyl halides is 2. The van der Waals surface area contributed by atoms with Crippen LogP contribution in [0.5, 0.6) is 11.5 Å². The van der Waals surface area contributed by atoms with Gasteiger partial charge in [0.25, 0.3) is 0 Å². The van der Waals surface area contributed by atoms with Gasteiger partial charge in [-0.1, -0.05) is 12.1 Å². The third-order valence-electron chi connectivity index (χ3n) is 4.96. The Morgan fingerprint density at radius 1 is 1.07 bits per heavy atom. The second kappa shape index (κ2) is 9.30. The Morgan fingerprint density at radius 2 is 1.86 bits per heavy atom. The number of ether oxygens (including phenoxy) is 2. The van der Waals surface area contributed by atoms with Gasteiger partial charge in [0.2, 0.25) is 0 Å². The Labute approximate surface area is 162 Å². The molecule has 1 heterocycles. The van der Waals surface area contributed by atoms with Crippen LogP contribution in [0.4, 0.5) is 13.2 Å². The Kier molecular flexibility index (Phi) is 6.80. The van der Waals surface area contributed by atoms with Gasteiger partial charge in [-0.25, -0.2) is 4.39 Å². The van der Waals surface area contributed by atoms with E-state index in [1.807, 2.05) is 12.1 Å². The average Bonchev–Trinajstić information content (AvgIpc) is 3.08. The van der Waals surface area contributed by atoms with Crippen molar-refractivity contribution in [3.63, 3.8) is 0 Å². The van der Waals surface area contributed by atoms with E-state index >= 15 is 0 Å². The van der Waals surface area contributed by atoms with Crippen LogP contribution in [-0.2, 0) is 19.5 Å². The Morgan fingerprint density at radius 3 is 2.61 bits per heavy atom. The van der Waals surface area contributed by atoms with Crippen LogP contribution in [0.25, 0.3) is 0 Å². The van der Waals surface area contributed by atoms with Crippen molar-refractivity contribution in [1.82, 2.24) is 4.90 Å². The maximum atomic E-state index is 13.4. The predicted octanol–water partition coefficient (Wildman–Crippen LogP) is 4.14. The summed E-state index contributed by atoms with van der Waals surface area (Å²) in [7, 11) is 0. The van der Waals surface area contributed by atoms with E-state index in [1.165, 1.54) is 6.07 Å². The van der Waals surface area contributed by atoms with Crippen molar-refractivity contribution >= 4 is 0 Å². The number of aryl methyl sites for hydroxylation is 1. The van der Waals surface area contributed by atoms with E-state index in [0.717, 1.165) is 29.7 Å². The second-order valence-corrected chi connectivity index (χ2v) is 6.94. The third-order valence-corrected chi connectivity index (χ3v) is 4.96. The normalized spacial score (nSPS) is 14.9. The van der Waals surface area contributed by atoms with Crippen molar-refractivity contribution in [2.24, 2.45) is 0 Å². The minimum atomic E-state index is -2.95. The molecular weight excluding hydrogens is 371 g/mol. The first-order valence-corrected chi connectivity index (χ1v) is 9.29. The molecule has 0 radical (unpaired) electrons. The summed E-state index contributed by atoms with van der Waals surface area (Å²) in [5.41, 5.74) is 3.03. The van der Waals surface area contributed by atoms with Crippen LogP contribution in [0.15, 0.2) is 36.4 Å². The van der Waals surface area contributed by atoms with Crippen LogP contribution < -0.4 is 9.47 Å². The molecule has 2 aromatic carbocycles. The van der Waals surface area contributed by atoms with Gasteiger partial charge in [0.1, 0.15) is 12.4 Å². The van der Waals surface area contributed by atoms with Crippen LogP contribution in [0.2, 0.25) is 0 Å². The zero-order valence-electron chi connectivity index (χ0n) is 15.7. The summed E-state index contributed by atoms with van der Waals surface area (Å²) in [5, 5.41) is 8.84. The first-order chi connectivity index (χ1) is 13.5. The highest BCUT2D eigenvalue weighted by atomic mass is 19.3. The van der Waals surface area contributed by atoms with Gasteiger partial charge in [0.15, 0.2) is 11.5 Å². The Balaban J connectivity index is 1.60. The molecule has 1 unspecified atom stereocenters. The van der Waals surface area contributed by atoms with Gasteiger partial charge in [-0.15, -0.1) is 0 Å². The number of hydrogen-bond donors (Lipinski definition) is 1. The smallest absolute Gasteiger partial charge is 0.387 e. The van der Waals surface area contributed by atoms with E-state index in [-0.39, 0.29) is 36.6 Å². The molecule has 0 spiro atoms. The van der Waals surface area contributed by atoms with Gasteiger partial charge >= 0.3 is 6.61 Å². The number of halogens is 3. The average molecular weight is 395 g/mol. The SMILES string of the molecule is CC(CCc1ccc(OCCO)c(OC(F)F)c1)N1Cc2ccc(F)cc2C1. The van der Waals surface area contributed by atoms with E-state index < -0.39 is 6.61 Å². The lowest BCUT2D eigenvalue weighted by molar-refractivity contribution is -0.0516.